The maximum absolute atomic E-state index is 10.9. The molecule has 3 N–H and O–H groups in total. The summed E-state index contributed by atoms with van der Waals surface area (Å²) in [5, 5.41) is 17.5. The Labute approximate surface area is 91.9 Å². The number of carboxylic acid groups (broad SMARTS) is 2. The van der Waals surface area contributed by atoms with Gasteiger partial charge in [0.2, 0.25) is 10.0 Å². The molecule has 0 aromatic rings. The molecular weight excluding hydrogens is 240 g/mol. The number of nitrogens with zero attached hydrogens (tertiary/aromatic N) is 1. The van der Waals surface area contributed by atoms with E-state index in [2.05, 4.69) is 4.72 Å². The summed E-state index contributed by atoms with van der Waals surface area (Å²) < 4.78 is 24.0. The SMILES string of the molecule is CS(=O)(=O)NC1CC(C(=O)O)N(C(=O)O)C1. The van der Waals surface area contributed by atoms with E-state index in [9.17, 15) is 18.0 Å². The molecule has 0 aromatic carbocycles. The van der Waals surface area contributed by atoms with Crippen LogP contribution in [0, 0.1) is 0 Å². The minimum atomic E-state index is -3.47. The molecule has 1 aliphatic heterocycles. The summed E-state index contributed by atoms with van der Waals surface area (Å²) in [4.78, 5) is 22.2. The van der Waals surface area contributed by atoms with Gasteiger partial charge in [0.25, 0.3) is 0 Å². The largest absolute Gasteiger partial charge is 0.480 e. The van der Waals surface area contributed by atoms with Crippen LogP contribution in [0.2, 0.25) is 0 Å². The van der Waals surface area contributed by atoms with Crippen LogP contribution in [-0.4, -0.2) is 60.5 Å². The minimum absolute atomic E-state index is 0.0608. The Bertz CT molecular complexity index is 383. The molecule has 1 rings (SSSR count). The predicted octanol–water partition coefficient (Wildman–Crippen LogP) is -1.26. The second-order valence-electron chi connectivity index (χ2n) is 3.61. The van der Waals surface area contributed by atoms with Crippen LogP contribution in [-0.2, 0) is 14.8 Å². The summed E-state index contributed by atoms with van der Waals surface area (Å²) in [6.07, 6.45) is -0.494. The fourth-order valence-electron chi connectivity index (χ4n) is 1.67. The maximum atomic E-state index is 10.9. The molecule has 16 heavy (non-hydrogen) atoms. The lowest BCUT2D eigenvalue weighted by atomic mass is 10.2. The molecule has 1 aliphatic rings. The monoisotopic (exact) mass is 252 g/mol. The van der Waals surface area contributed by atoms with E-state index >= 15 is 0 Å². The Kier molecular flexibility index (Phi) is 3.38. The van der Waals surface area contributed by atoms with Gasteiger partial charge >= 0.3 is 12.1 Å². The van der Waals surface area contributed by atoms with Gasteiger partial charge in [-0.05, 0) is 6.42 Å². The maximum Gasteiger partial charge on any atom is 0.408 e. The first kappa shape index (κ1) is 12.7. The Morgan fingerprint density at radius 3 is 2.25 bits per heavy atom. The third kappa shape index (κ3) is 3.07. The van der Waals surface area contributed by atoms with Crippen LogP contribution >= 0.6 is 0 Å². The molecule has 9 heteroatoms. The number of hydrogen-bond acceptors (Lipinski definition) is 4. The first-order chi connectivity index (χ1) is 7.20. The highest BCUT2D eigenvalue weighted by Gasteiger charge is 2.40. The molecule has 0 spiro atoms. The van der Waals surface area contributed by atoms with E-state index in [0.29, 0.717) is 4.90 Å². The minimum Gasteiger partial charge on any atom is -0.480 e. The molecule has 0 bridgehead atoms. The first-order valence-electron chi connectivity index (χ1n) is 4.40. The van der Waals surface area contributed by atoms with E-state index in [4.69, 9.17) is 10.2 Å². The molecule has 1 heterocycles. The zero-order chi connectivity index (χ0) is 12.5. The average molecular weight is 252 g/mol. The normalized spacial score (nSPS) is 25.7. The Morgan fingerprint density at radius 1 is 1.38 bits per heavy atom. The Balaban J connectivity index is 2.77. The van der Waals surface area contributed by atoms with Crippen LogP contribution in [0.25, 0.3) is 0 Å². The third-order valence-corrected chi connectivity index (χ3v) is 2.97. The van der Waals surface area contributed by atoms with Crippen molar-refractivity contribution in [2.24, 2.45) is 0 Å². The average Bonchev–Trinajstić information content (AvgIpc) is 2.44. The van der Waals surface area contributed by atoms with Crippen molar-refractivity contribution in [3.63, 3.8) is 0 Å². The number of carbonyl (C=O) groups is 2. The zero-order valence-electron chi connectivity index (χ0n) is 8.45. The smallest absolute Gasteiger partial charge is 0.408 e. The number of sulfonamides is 1. The first-order valence-corrected chi connectivity index (χ1v) is 6.29. The van der Waals surface area contributed by atoms with E-state index in [1.807, 2.05) is 0 Å². The van der Waals surface area contributed by atoms with Crippen molar-refractivity contribution in [2.75, 3.05) is 12.8 Å². The van der Waals surface area contributed by atoms with Crippen molar-refractivity contribution in [3.8, 4) is 0 Å². The Morgan fingerprint density at radius 2 is 1.94 bits per heavy atom. The summed E-state index contributed by atoms with van der Waals surface area (Å²) in [6, 6.07) is -1.89. The summed E-state index contributed by atoms with van der Waals surface area (Å²) in [5.41, 5.74) is 0. The molecule has 1 amide bonds. The molecule has 0 radical (unpaired) electrons. The van der Waals surface area contributed by atoms with Crippen LogP contribution in [0.4, 0.5) is 4.79 Å². The molecule has 2 unspecified atom stereocenters. The van der Waals surface area contributed by atoms with Gasteiger partial charge in [-0.15, -0.1) is 0 Å². The van der Waals surface area contributed by atoms with Crippen LogP contribution in [0.3, 0.4) is 0 Å². The number of aliphatic carboxylic acids is 1. The van der Waals surface area contributed by atoms with Crippen molar-refractivity contribution < 1.29 is 28.2 Å². The molecule has 2 atom stereocenters. The van der Waals surface area contributed by atoms with E-state index in [1.165, 1.54) is 0 Å². The lowest BCUT2D eigenvalue weighted by molar-refractivity contribution is -0.141. The number of rotatable bonds is 3. The molecule has 92 valence electrons. The van der Waals surface area contributed by atoms with Crippen molar-refractivity contribution in [1.82, 2.24) is 9.62 Å². The second-order valence-corrected chi connectivity index (χ2v) is 5.39. The molecule has 1 fully saturated rings. The van der Waals surface area contributed by atoms with Gasteiger partial charge < -0.3 is 10.2 Å². The van der Waals surface area contributed by atoms with Crippen molar-refractivity contribution in [1.29, 1.82) is 0 Å². The lowest BCUT2D eigenvalue weighted by Crippen LogP contribution is -2.40. The number of nitrogens with one attached hydrogen (secondary N) is 1. The Hall–Kier alpha value is -1.35. The number of carboxylic acids is 1. The van der Waals surface area contributed by atoms with Crippen LogP contribution < -0.4 is 4.72 Å². The van der Waals surface area contributed by atoms with Crippen LogP contribution in [0.5, 0.6) is 0 Å². The van der Waals surface area contributed by atoms with Gasteiger partial charge in [-0.25, -0.2) is 22.7 Å². The van der Waals surface area contributed by atoms with E-state index in [0.717, 1.165) is 6.26 Å². The topological polar surface area (TPSA) is 124 Å². The summed E-state index contributed by atoms with van der Waals surface area (Å²) >= 11 is 0. The fraction of sp³-hybridized carbons (Fsp3) is 0.714. The standard InChI is InChI=1S/C7H12N2O6S/c1-16(14,15)8-4-2-5(6(10)11)9(3-4)7(12)13/h4-5,8H,2-3H2,1H3,(H,10,11)(H,12,13). The van der Waals surface area contributed by atoms with E-state index < -0.39 is 34.2 Å². The van der Waals surface area contributed by atoms with Crippen LogP contribution in [0.1, 0.15) is 6.42 Å². The van der Waals surface area contributed by atoms with Crippen LogP contribution in [0.15, 0.2) is 0 Å². The van der Waals surface area contributed by atoms with Gasteiger partial charge in [0.15, 0.2) is 0 Å². The van der Waals surface area contributed by atoms with Gasteiger partial charge in [-0.3, -0.25) is 4.90 Å². The zero-order valence-corrected chi connectivity index (χ0v) is 9.27. The number of amides is 1. The molecule has 8 nitrogen and oxygen atoms in total. The van der Waals surface area contributed by atoms with Gasteiger partial charge in [-0.2, -0.15) is 0 Å². The number of likely N-dealkylation sites (tertiary alicyclic amines) is 1. The van der Waals surface area contributed by atoms with E-state index in [1.54, 1.807) is 0 Å². The van der Waals surface area contributed by atoms with Crippen molar-refractivity contribution in [2.45, 2.75) is 18.5 Å². The molecule has 1 saturated heterocycles. The summed E-state index contributed by atoms with van der Waals surface area (Å²) in [7, 11) is -3.47. The third-order valence-electron chi connectivity index (χ3n) is 2.21. The second kappa shape index (κ2) is 4.26. The predicted molar refractivity (Wildman–Crippen MR) is 52.5 cm³/mol. The van der Waals surface area contributed by atoms with Gasteiger partial charge in [0, 0.05) is 12.6 Å². The molecule has 0 aromatic heterocycles. The van der Waals surface area contributed by atoms with Gasteiger partial charge in [0.1, 0.15) is 6.04 Å². The van der Waals surface area contributed by atoms with Crippen molar-refractivity contribution in [3.05, 3.63) is 0 Å². The van der Waals surface area contributed by atoms with Crippen molar-refractivity contribution >= 4 is 22.1 Å². The highest BCUT2D eigenvalue weighted by atomic mass is 32.2. The summed E-state index contributed by atoms with van der Waals surface area (Å²) in [6.45, 7) is -0.153. The highest BCUT2D eigenvalue weighted by Crippen LogP contribution is 2.18. The quantitative estimate of drug-likeness (QED) is 0.576. The van der Waals surface area contributed by atoms with Gasteiger partial charge in [0.05, 0.1) is 6.26 Å². The fourth-order valence-corrected chi connectivity index (χ4v) is 2.45. The van der Waals surface area contributed by atoms with Gasteiger partial charge in [-0.1, -0.05) is 0 Å². The molecule has 0 aliphatic carbocycles. The molecular formula is C7H12N2O6S. The molecule has 0 saturated carbocycles. The lowest BCUT2D eigenvalue weighted by Gasteiger charge is -2.16. The number of hydrogen-bond donors (Lipinski definition) is 3. The van der Waals surface area contributed by atoms with E-state index in [-0.39, 0.29) is 13.0 Å². The highest BCUT2D eigenvalue weighted by molar-refractivity contribution is 7.88. The summed E-state index contributed by atoms with van der Waals surface area (Å²) in [5.74, 6) is -1.28.